The molecule has 0 aliphatic rings. The third-order valence-corrected chi connectivity index (χ3v) is 2.08. The molecule has 0 atom stereocenters. The minimum absolute atomic E-state index is 0.655. The molecule has 1 aromatic heterocycles. The van der Waals surface area contributed by atoms with E-state index in [9.17, 15) is 4.79 Å². The van der Waals surface area contributed by atoms with Gasteiger partial charge < -0.3 is 9.84 Å². The predicted octanol–water partition coefficient (Wildman–Crippen LogP) is 2.54. The van der Waals surface area contributed by atoms with Crippen LogP contribution < -0.4 is 5.32 Å². The van der Waals surface area contributed by atoms with Gasteiger partial charge in [-0.25, -0.2) is 0 Å². The molecule has 76 valence electrons. The molecule has 0 amide bonds. The molecule has 0 radical (unpaired) electrons. The summed E-state index contributed by atoms with van der Waals surface area (Å²) in [5, 5.41) is 6.79. The number of aromatic nitrogens is 1. The number of aryl methyl sites for hydroxylation is 1. The van der Waals surface area contributed by atoms with Crippen LogP contribution in [0, 0.1) is 6.92 Å². The van der Waals surface area contributed by atoms with Gasteiger partial charge in [-0.2, -0.15) is 0 Å². The second-order valence-corrected chi connectivity index (χ2v) is 3.16. The summed E-state index contributed by atoms with van der Waals surface area (Å²) in [4.78, 5) is 10.4. The van der Waals surface area contributed by atoms with Crippen molar-refractivity contribution in [1.82, 2.24) is 5.16 Å². The number of anilines is 2. The molecule has 0 aliphatic heterocycles. The van der Waals surface area contributed by atoms with Crippen molar-refractivity contribution in [1.29, 1.82) is 0 Å². The molecule has 4 heteroatoms. The van der Waals surface area contributed by atoms with Crippen LogP contribution in [0.15, 0.2) is 35.0 Å². The number of nitrogens with zero attached hydrogens (tertiary/aromatic N) is 1. The maximum absolute atomic E-state index is 10.4. The van der Waals surface area contributed by atoms with E-state index in [1.54, 1.807) is 18.3 Å². The Balaban J connectivity index is 2.18. The lowest BCUT2D eigenvalue weighted by molar-refractivity contribution is 0.112. The summed E-state index contributed by atoms with van der Waals surface area (Å²) in [6.45, 7) is 1.83. The summed E-state index contributed by atoms with van der Waals surface area (Å²) < 4.78 is 4.91. The summed E-state index contributed by atoms with van der Waals surface area (Å²) in [7, 11) is 0. The molecule has 1 heterocycles. The highest BCUT2D eigenvalue weighted by Crippen LogP contribution is 2.19. The Hall–Kier alpha value is -2.10. The lowest BCUT2D eigenvalue weighted by atomic mass is 10.2. The molecule has 0 aliphatic carbocycles. The fourth-order valence-electron chi connectivity index (χ4n) is 1.22. The van der Waals surface area contributed by atoms with Crippen molar-refractivity contribution in [3.8, 4) is 0 Å². The molecule has 0 spiro atoms. The van der Waals surface area contributed by atoms with Gasteiger partial charge in [0.25, 0.3) is 0 Å². The molecule has 0 saturated heterocycles. The van der Waals surface area contributed by atoms with Gasteiger partial charge in [0.1, 0.15) is 12.0 Å². The highest BCUT2D eigenvalue weighted by molar-refractivity contribution is 5.76. The Morgan fingerprint density at radius 1 is 1.33 bits per heavy atom. The first-order chi connectivity index (χ1) is 7.29. The average molecular weight is 202 g/mol. The summed E-state index contributed by atoms with van der Waals surface area (Å²) >= 11 is 0. The summed E-state index contributed by atoms with van der Waals surface area (Å²) in [5.74, 6) is 0.731. The minimum atomic E-state index is 0.655. The Kier molecular flexibility index (Phi) is 2.49. The first kappa shape index (κ1) is 9.45. The molecule has 2 rings (SSSR count). The van der Waals surface area contributed by atoms with Gasteiger partial charge in [0.05, 0.1) is 6.20 Å². The topological polar surface area (TPSA) is 55.1 Å². The zero-order chi connectivity index (χ0) is 10.7. The Bertz CT molecular complexity index is 460. The lowest BCUT2D eigenvalue weighted by Gasteiger charge is -2.03. The van der Waals surface area contributed by atoms with E-state index in [4.69, 9.17) is 4.52 Å². The van der Waals surface area contributed by atoms with Crippen molar-refractivity contribution in [2.45, 2.75) is 6.92 Å². The molecule has 15 heavy (non-hydrogen) atoms. The SMILES string of the molecule is Cc1oncc1Nc1ccc(C=O)cc1. The lowest BCUT2D eigenvalue weighted by Crippen LogP contribution is -1.90. The van der Waals surface area contributed by atoms with Crippen LogP contribution >= 0.6 is 0 Å². The fraction of sp³-hybridized carbons (Fsp3) is 0.0909. The number of carbonyl (C=O) groups excluding carboxylic acids is 1. The first-order valence-corrected chi connectivity index (χ1v) is 4.53. The highest BCUT2D eigenvalue weighted by atomic mass is 16.5. The molecule has 1 aromatic carbocycles. The maximum atomic E-state index is 10.4. The van der Waals surface area contributed by atoms with E-state index in [1.165, 1.54) is 0 Å². The van der Waals surface area contributed by atoms with Crippen molar-refractivity contribution < 1.29 is 9.32 Å². The number of hydrogen-bond donors (Lipinski definition) is 1. The zero-order valence-corrected chi connectivity index (χ0v) is 8.23. The van der Waals surface area contributed by atoms with Crippen LogP contribution in [-0.2, 0) is 0 Å². The molecule has 0 unspecified atom stereocenters. The molecule has 2 aromatic rings. The molecule has 4 nitrogen and oxygen atoms in total. The van der Waals surface area contributed by atoms with Gasteiger partial charge in [-0.15, -0.1) is 0 Å². The smallest absolute Gasteiger partial charge is 0.157 e. The summed E-state index contributed by atoms with van der Waals surface area (Å²) in [5.41, 5.74) is 2.38. The third-order valence-electron chi connectivity index (χ3n) is 2.08. The zero-order valence-electron chi connectivity index (χ0n) is 8.23. The largest absolute Gasteiger partial charge is 0.359 e. The molecular weight excluding hydrogens is 192 g/mol. The van der Waals surface area contributed by atoms with Gasteiger partial charge in [0.2, 0.25) is 0 Å². The number of benzene rings is 1. The number of nitrogens with one attached hydrogen (secondary N) is 1. The Labute approximate surface area is 86.9 Å². The van der Waals surface area contributed by atoms with Gasteiger partial charge in [-0.3, -0.25) is 4.79 Å². The van der Waals surface area contributed by atoms with Crippen LogP contribution in [0.3, 0.4) is 0 Å². The minimum Gasteiger partial charge on any atom is -0.359 e. The van der Waals surface area contributed by atoms with Crippen LogP contribution in [0.4, 0.5) is 11.4 Å². The number of rotatable bonds is 3. The average Bonchev–Trinajstić information content (AvgIpc) is 2.66. The van der Waals surface area contributed by atoms with E-state index < -0.39 is 0 Å². The van der Waals surface area contributed by atoms with Gasteiger partial charge in [0, 0.05) is 11.3 Å². The second kappa shape index (κ2) is 3.96. The quantitative estimate of drug-likeness (QED) is 0.777. The molecule has 0 bridgehead atoms. The third kappa shape index (κ3) is 2.04. The van der Waals surface area contributed by atoms with E-state index >= 15 is 0 Å². The van der Waals surface area contributed by atoms with Crippen molar-refractivity contribution in [3.05, 3.63) is 41.8 Å². The van der Waals surface area contributed by atoms with Crippen LogP contribution in [0.2, 0.25) is 0 Å². The van der Waals surface area contributed by atoms with Crippen molar-refractivity contribution >= 4 is 17.7 Å². The maximum Gasteiger partial charge on any atom is 0.157 e. The monoisotopic (exact) mass is 202 g/mol. The van der Waals surface area contributed by atoms with Gasteiger partial charge in [-0.1, -0.05) is 5.16 Å². The van der Waals surface area contributed by atoms with Gasteiger partial charge >= 0.3 is 0 Å². The molecule has 0 saturated carbocycles. The fourth-order valence-corrected chi connectivity index (χ4v) is 1.22. The normalized spacial score (nSPS) is 9.93. The summed E-state index contributed by atoms with van der Waals surface area (Å²) in [6, 6.07) is 7.16. The second-order valence-electron chi connectivity index (χ2n) is 3.16. The first-order valence-electron chi connectivity index (χ1n) is 4.53. The standard InChI is InChI=1S/C11H10N2O2/c1-8-11(6-12-15-8)13-10-4-2-9(7-14)3-5-10/h2-7,13H,1H3. The summed E-state index contributed by atoms with van der Waals surface area (Å²) in [6.07, 6.45) is 2.43. The number of hydrogen-bond acceptors (Lipinski definition) is 4. The number of aldehydes is 1. The van der Waals surface area contributed by atoms with Crippen molar-refractivity contribution in [2.24, 2.45) is 0 Å². The van der Waals surface area contributed by atoms with Crippen molar-refractivity contribution in [3.63, 3.8) is 0 Å². The van der Waals surface area contributed by atoms with Crippen LogP contribution in [0.1, 0.15) is 16.1 Å². The van der Waals surface area contributed by atoms with Gasteiger partial charge in [-0.05, 0) is 31.2 Å². The van der Waals surface area contributed by atoms with E-state index in [-0.39, 0.29) is 0 Å². The van der Waals surface area contributed by atoms with Crippen LogP contribution in [0.25, 0.3) is 0 Å². The Morgan fingerprint density at radius 2 is 2.07 bits per heavy atom. The molecule has 1 N–H and O–H groups in total. The molecule has 0 fully saturated rings. The highest BCUT2D eigenvalue weighted by Gasteiger charge is 2.02. The predicted molar refractivity (Wildman–Crippen MR) is 56.4 cm³/mol. The van der Waals surface area contributed by atoms with Crippen LogP contribution in [0.5, 0.6) is 0 Å². The van der Waals surface area contributed by atoms with Crippen molar-refractivity contribution in [2.75, 3.05) is 5.32 Å². The molecular formula is C11H10N2O2. The van der Waals surface area contributed by atoms with Crippen LogP contribution in [-0.4, -0.2) is 11.4 Å². The van der Waals surface area contributed by atoms with E-state index in [1.807, 2.05) is 19.1 Å². The van der Waals surface area contributed by atoms with E-state index in [0.717, 1.165) is 23.4 Å². The van der Waals surface area contributed by atoms with E-state index in [0.29, 0.717) is 5.56 Å². The Morgan fingerprint density at radius 3 is 2.60 bits per heavy atom. The van der Waals surface area contributed by atoms with Gasteiger partial charge in [0.15, 0.2) is 5.76 Å². The van der Waals surface area contributed by atoms with E-state index in [2.05, 4.69) is 10.5 Å². The number of carbonyl (C=O) groups is 1.